The minimum Gasteiger partial charge on any atom is -0.479 e. The fourth-order valence-electron chi connectivity index (χ4n) is 3.05. The van der Waals surface area contributed by atoms with E-state index in [2.05, 4.69) is 10.3 Å². The van der Waals surface area contributed by atoms with Crippen molar-refractivity contribution in [3.63, 3.8) is 0 Å². The Kier molecular flexibility index (Phi) is 7.35. The van der Waals surface area contributed by atoms with Gasteiger partial charge in [-0.3, -0.25) is 4.90 Å². The smallest absolute Gasteiger partial charge is 0.333 e. The van der Waals surface area contributed by atoms with Crippen molar-refractivity contribution in [3.05, 3.63) is 78.4 Å². The first-order valence-corrected chi connectivity index (χ1v) is 9.98. The Bertz CT molecular complexity index is 1020. The SMILES string of the molecule is CCOC(Cc1ccc(-c2cccc(N(C)C(=O)Nc3ccccc3)n2)cc1)C(=O)O. The van der Waals surface area contributed by atoms with Crippen LogP contribution in [0.15, 0.2) is 72.8 Å². The molecule has 1 atom stereocenters. The van der Waals surface area contributed by atoms with Crippen LogP contribution < -0.4 is 10.2 Å². The minimum atomic E-state index is -0.975. The van der Waals surface area contributed by atoms with Crippen molar-refractivity contribution in [2.45, 2.75) is 19.4 Å². The number of pyridine rings is 1. The molecule has 160 valence electrons. The van der Waals surface area contributed by atoms with E-state index in [0.717, 1.165) is 11.1 Å². The summed E-state index contributed by atoms with van der Waals surface area (Å²) < 4.78 is 5.27. The van der Waals surface area contributed by atoms with Gasteiger partial charge in [0.2, 0.25) is 0 Å². The van der Waals surface area contributed by atoms with Crippen LogP contribution in [-0.4, -0.2) is 41.8 Å². The second kappa shape index (κ2) is 10.4. The second-order valence-corrected chi connectivity index (χ2v) is 6.92. The van der Waals surface area contributed by atoms with Crippen molar-refractivity contribution in [1.29, 1.82) is 0 Å². The van der Waals surface area contributed by atoms with E-state index in [1.54, 1.807) is 20.0 Å². The van der Waals surface area contributed by atoms with E-state index in [4.69, 9.17) is 4.74 Å². The lowest BCUT2D eigenvalue weighted by Gasteiger charge is -2.18. The van der Waals surface area contributed by atoms with Crippen molar-refractivity contribution < 1.29 is 19.4 Å². The predicted molar refractivity (Wildman–Crippen MR) is 120 cm³/mol. The van der Waals surface area contributed by atoms with Crippen LogP contribution in [0.1, 0.15) is 12.5 Å². The van der Waals surface area contributed by atoms with Gasteiger partial charge in [0.15, 0.2) is 6.10 Å². The summed E-state index contributed by atoms with van der Waals surface area (Å²) in [6, 6.07) is 21.9. The van der Waals surface area contributed by atoms with Gasteiger partial charge in [-0.2, -0.15) is 0 Å². The Morgan fingerprint density at radius 2 is 1.74 bits per heavy atom. The van der Waals surface area contributed by atoms with Gasteiger partial charge in [0.25, 0.3) is 0 Å². The summed E-state index contributed by atoms with van der Waals surface area (Å²) in [5, 5.41) is 12.1. The number of aromatic nitrogens is 1. The molecule has 1 aromatic heterocycles. The first-order valence-electron chi connectivity index (χ1n) is 9.98. The van der Waals surface area contributed by atoms with Crippen molar-refractivity contribution in [2.75, 3.05) is 23.9 Å². The number of nitrogens with zero attached hydrogens (tertiary/aromatic N) is 2. The summed E-state index contributed by atoms with van der Waals surface area (Å²) in [5.41, 5.74) is 3.15. The topological polar surface area (TPSA) is 91.8 Å². The highest BCUT2D eigenvalue weighted by atomic mass is 16.5. The van der Waals surface area contributed by atoms with Gasteiger partial charge in [0.1, 0.15) is 5.82 Å². The Hall–Kier alpha value is -3.71. The van der Waals surface area contributed by atoms with Gasteiger partial charge in [-0.15, -0.1) is 0 Å². The van der Waals surface area contributed by atoms with Gasteiger partial charge in [-0.25, -0.2) is 14.6 Å². The standard InChI is InChI=1S/C24H25N3O4/c1-3-31-21(23(28)29)16-17-12-14-18(15-13-17)20-10-7-11-22(26-20)27(2)24(30)25-19-8-5-4-6-9-19/h4-15,21H,3,16H2,1-2H3,(H,25,30)(H,28,29). The quantitative estimate of drug-likeness (QED) is 0.563. The summed E-state index contributed by atoms with van der Waals surface area (Å²) in [7, 11) is 1.66. The second-order valence-electron chi connectivity index (χ2n) is 6.92. The number of para-hydroxylation sites is 1. The average molecular weight is 419 g/mol. The Morgan fingerprint density at radius 1 is 1.03 bits per heavy atom. The van der Waals surface area contributed by atoms with E-state index in [-0.39, 0.29) is 6.03 Å². The highest BCUT2D eigenvalue weighted by Gasteiger charge is 2.18. The summed E-state index contributed by atoms with van der Waals surface area (Å²) in [5.74, 6) is -0.464. The first-order chi connectivity index (χ1) is 15.0. The number of anilines is 2. The molecule has 0 fully saturated rings. The normalized spacial score (nSPS) is 11.5. The van der Waals surface area contributed by atoms with Crippen LogP contribution in [0.25, 0.3) is 11.3 Å². The molecule has 1 heterocycles. The number of aliphatic carboxylic acids is 1. The van der Waals surface area contributed by atoms with Gasteiger partial charge in [-0.1, -0.05) is 48.5 Å². The zero-order valence-electron chi connectivity index (χ0n) is 17.5. The largest absolute Gasteiger partial charge is 0.479 e. The van der Waals surface area contributed by atoms with Crippen molar-refractivity contribution in [1.82, 2.24) is 4.98 Å². The lowest BCUT2D eigenvalue weighted by Crippen LogP contribution is -2.31. The molecule has 31 heavy (non-hydrogen) atoms. The van der Waals surface area contributed by atoms with Crippen LogP contribution in [-0.2, 0) is 16.0 Å². The van der Waals surface area contributed by atoms with Gasteiger partial charge < -0.3 is 15.2 Å². The molecule has 0 aliphatic carbocycles. The van der Waals surface area contributed by atoms with Gasteiger partial charge >= 0.3 is 12.0 Å². The summed E-state index contributed by atoms with van der Waals surface area (Å²) in [6.07, 6.45) is -0.576. The third kappa shape index (κ3) is 5.90. The van der Waals surface area contributed by atoms with Crippen LogP contribution in [0.4, 0.5) is 16.3 Å². The van der Waals surface area contributed by atoms with Gasteiger partial charge in [0.05, 0.1) is 5.69 Å². The molecule has 0 saturated heterocycles. The maximum atomic E-state index is 12.5. The monoisotopic (exact) mass is 419 g/mol. The number of carbonyl (C=O) groups is 2. The number of hydrogen-bond donors (Lipinski definition) is 2. The molecule has 2 N–H and O–H groups in total. The third-order valence-corrected chi connectivity index (χ3v) is 4.72. The van der Waals surface area contributed by atoms with Crippen LogP contribution >= 0.6 is 0 Å². The molecule has 1 unspecified atom stereocenters. The third-order valence-electron chi connectivity index (χ3n) is 4.72. The number of hydrogen-bond acceptors (Lipinski definition) is 4. The molecule has 0 aliphatic rings. The molecule has 3 rings (SSSR count). The van der Waals surface area contributed by atoms with E-state index in [9.17, 15) is 14.7 Å². The maximum absolute atomic E-state index is 12.5. The maximum Gasteiger partial charge on any atom is 0.333 e. The molecule has 2 aromatic carbocycles. The number of carbonyl (C=O) groups excluding carboxylic acids is 1. The fourth-order valence-corrected chi connectivity index (χ4v) is 3.05. The molecular formula is C24H25N3O4. The Morgan fingerprint density at radius 3 is 2.39 bits per heavy atom. The highest BCUT2D eigenvalue weighted by molar-refractivity contribution is 6.00. The van der Waals surface area contributed by atoms with E-state index >= 15 is 0 Å². The van der Waals surface area contributed by atoms with E-state index in [1.807, 2.05) is 66.7 Å². The van der Waals surface area contributed by atoms with Gasteiger partial charge in [0, 0.05) is 31.3 Å². The Labute approximate surface area is 181 Å². The van der Waals surface area contributed by atoms with Crippen molar-refractivity contribution in [2.24, 2.45) is 0 Å². The summed E-state index contributed by atoms with van der Waals surface area (Å²) in [6.45, 7) is 2.12. The zero-order valence-corrected chi connectivity index (χ0v) is 17.5. The summed E-state index contributed by atoms with van der Waals surface area (Å²) >= 11 is 0. The van der Waals surface area contributed by atoms with Crippen LogP contribution in [0.3, 0.4) is 0 Å². The van der Waals surface area contributed by atoms with Crippen molar-refractivity contribution in [3.8, 4) is 11.3 Å². The fraction of sp³-hybridized carbons (Fsp3) is 0.208. The molecule has 0 radical (unpaired) electrons. The molecule has 3 aromatic rings. The molecule has 0 aliphatic heterocycles. The molecule has 0 spiro atoms. The van der Waals surface area contributed by atoms with E-state index < -0.39 is 12.1 Å². The number of amides is 2. The van der Waals surface area contributed by atoms with Crippen LogP contribution in [0, 0.1) is 0 Å². The number of carboxylic acids is 1. The minimum absolute atomic E-state index is 0.290. The number of nitrogens with one attached hydrogen (secondary N) is 1. The van der Waals surface area contributed by atoms with Gasteiger partial charge in [-0.05, 0) is 36.8 Å². The Balaban J connectivity index is 1.72. The van der Waals surface area contributed by atoms with Crippen LogP contribution in [0.2, 0.25) is 0 Å². The molecule has 0 bridgehead atoms. The van der Waals surface area contributed by atoms with E-state index in [0.29, 0.717) is 30.2 Å². The summed E-state index contributed by atoms with van der Waals surface area (Å²) in [4.78, 5) is 29.9. The first kappa shape index (κ1) is 22.0. The predicted octanol–water partition coefficient (Wildman–Crippen LogP) is 4.45. The lowest BCUT2D eigenvalue weighted by molar-refractivity contribution is -0.149. The number of carboxylic acid groups (broad SMARTS) is 1. The van der Waals surface area contributed by atoms with E-state index in [1.165, 1.54) is 4.90 Å². The average Bonchev–Trinajstić information content (AvgIpc) is 2.79. The van der Waals surface area contributed by atoms with Crippen LogP contribution in [0.5, 0.6) is 0 Å². The molecule has 0 saturated carbocycles. The lowest BCUT2D eigenvalue weighted by atomic mass is 10.0. The number of urea groups is 1. The molecule has 7 heteroatoms. The molecular weight excluding hydrogens is 394 g/mol. The number of benzene rings is 2. The molecule has 2 amide bonds. The van der Waals surface area contributed by atoms with Crippen molar-refractivity contribution >= 4 is 23.5 Å². The highest BCUT2D eigenvalue weighted by Crippen LogP contribution is 2.22. The number of rotatable bonds is 8. The molecule has 7 nitrogen and oxygen atoms in total. The number of ether oxygens (including phenoxy) is 1. The zero-order chi connectivity index (χ0) is 22.2.